The van der Waals surface area contributed by atoms with Crippen LogP contribution in [0.1, 0.15) is 111 Å². The maximum absolute atomic E-state index is 11.3. The van der Waals surface area contributed by atoms with Crippen molar-refractivity contribution >= 4 is 5.97 Å². The summed E-state index contributed by atoms with van der Waals surface area (Å²) in [5.41, 5.74) is 16.9. The maximum atomic E-state index is 11.3. The predicted molar refractivity (Wildman–Crippen MR) is 188 cm³/mol. The van der Waals surface area contributed by atoms with Gasteiger partial charge < -0.3 is 67.2 Å². The Kier molecular flexibility index (Phi) is 20.7. The van der Waals surface area contributed by atoms with E-state index in [2.05, 4.69) is 17.6 Å². The number of aliphatic hydroxyl groups excluding tert-OH is 2. The lowest BCUT2D eigenvalue weighted by Gasteiger charge is -2.49. The number of aliphatic carboxylic acids is 1. The summed E-state index contributed by atoms with van der Waals surface area (Å²) < 4.78 is 23.6. The summed E-state index contributed by atoms with van der Waals surface area (Å²) >= 11 is 0. The largest absolute Gasteiger partial charge is 0.481 e. The zero-order chi connectivity index (χ0) is 36.4. The molecular formula is C35H69N5O9. The fourth-order valence-corrected chi connectivity index (χ4v) is 6.80. The SMILES string of the molecule is CCCCCCCCCCCCCC(=O)O.CCN[C@@H]1C[C@H](N)[C@@H](O[C@H]2OC(CN)=CC[C@H]2N)[C@H](O)[C@H]1O[C@H]1OC[C@](C)(O)[C@H](NC)[C@H]1O. The minimum absolute atomic E-state index is 0.0483. The highest BCUT2D eigenvalue weighted by atomic mass is 16.7. The molecule has 0 spiro atoms. The van der Waals surface area contributed by atoms with Crippen LogP contribution in [0.2, 0.25) is 0 Å². The van der Waals surface area contributed by atoms with Crippen molar-refractivity contribution in [1.82, 2.24) is 10.6 Å². The molecule has 14 nitrogen and oxygen atoms in total. The molecule has 1 aliphatic carbocycles. The van der Waals surface area contributed by atoms with Gasteiger partial charge in [0.2, 0.25) is 6.29 Å². The molecule has 12 N–H and O–H groups in total. The number of carboxylic acids is 1. The van der Waals surface area contributed by atoms with E-state index in [0.29, 0.717) is 31.6 Å². The molecule has 14 heteroatoms. The lowest BCUT2D eigenvalue weighted by atomic mass is 9.83. The van der Waals surface area contributed by atoms with Gasteiger partial charge in [-0.25, -0.2) is 0 Å². The molecule has 0 aromatic rings. The van der Waals surface area contributed by atoms with Crippen LogP contribution in [0.25, 0.3) is 0 Å². The number of ether oxygens (including phenoxy) is 4. The molecule has 1 saturated heterocycles. The van der Waals surface area contributed by atoms with Crippen LogP contribution in [0.5, 0.6) is 0 Å². The highest BCUT2D eigenvalue weighted by Crippen LogP contribution is 2.32. The Morgan fingerprint density at radius 1 is 0.939 bits per heavy atom. The van der Waals surface area contributed by atoms with Gasteiger partial charge in [0.05, 0.1) is 25.2 Å². The number of hydrogen-bond donors (Lipinski definition) is 9. The quantitative estimate of drug-likeness (QED) is 0.0819. The van der Waals surface area contributed by atoms with Crippen LogP contribution in [0.3, 0.4) is 0 Å². The lowest BCUT2D eigenvalue weighted by Crippen LogP contribution is -2.69. The van der Waals surface area contributed by atoms with Crippen LogP contribution in [0.15, 0.2) is 11.8 Å². The van der Waals surface area contributed by atoms with Crippen LogP contribution < -0.4 is 27.8 Å². The number of hydrogen-bond acceptors (Lipinski definition) is 13. The van der Waals surface area contributed by atoms with Gasteiger partial charge in [0, 0.05) is 18.5 Å². The Balaban J connectivity index is 0.000000440. The van der Waals surface area contributed by atoms with Gasteiger partial charge in [0.25, 0.3) is 0 Å². The van der Waals surface area contributed by atoms with Crippen molar-refractivity contribution in [1.29, 1.82) is 0 Å². The summed E-state index contributed by atoms with van der Waals surface area (Å²) in [6, 6.07) is -1.95. The minimum Gasteiger partial charge on any atom is -0.481 e. The Morgan fingerprint density at radius 3 is 2.08 bits per heavy atom. The summed E-state index contributed by atoms with van der Waals surface area (Å²) in [5.74, 6) is -0.0845. The zero-order valence-corrected chi connectivity index (χ0v) is 30.4. The van der Waals surface area contributed by atoms with Crippen LogP contribution in [0.4, 0.5) is 0 Å². The van der Waals surface area contributed by atoms with Gasteiger partial charge in [-0.15, -0.1) is 0 Å². The van der Waals surface area contributed by atoms with Crippen LogP contribution in [-0.2, 0) is 23.7 Å². The zero-order valence-electron chi connectivity index (χ0n) is 30.4. The summed E-state index contributed by atoms with van der Waals surface area (Å²) in [6.45, 7) is 6.55. The van der Waals surface area contributed by atoms with Gasteiger partial charge in [-0.05, 0) is 45.9 Å². The summed E-state index contributed by atoms with van der Waals surface area (Å²) in [4.78, 5) is 10.3. The molecule has 0 unspecified atom stereocenters. The number of likely N-dealkylation sites (N-methyl/N-ethyl adjacent to an activating group) is 2. The van der Waals surface area contributed by atoms with Crippen molar-refractivity contribution in [3.63, 3.8) is 0 Å². The van der Waals surface area contributed by atoms with Crippen LogP contribution >= 0.6 is 0 Å². The molecule has 3 rings (SSSR count). The summed E-state index contributed by atoms with van der Waals surface area (Å²) in [5, 5.41) is 47.2. The molecule has 11 atom stereocenters. The Bertz CT molecular complexity index is 945. The monoisotopic (exact) mass is 704 g/mol. The average molecular weight is 704 g/mol. The number of unbranched alkanes of at least 4 members (excludes halogenated alkanes) is 10. The predicted octanol–water partition coefficient (Wildman–Crippen LogP) is 1.57. The Labute approximate surface area is 293 Å². The summed E-state index contributed by atoms with van der Waals surface area (Å²) in [7, 11) is 1.64. The number of nitrogens with two attached hydrogens (primary N) is 3. The first-order chi connectivity index (χ1) is 23.4. The second kappa shape index (κ2) is 23.2. The molecule has 0 radical (unpaired) electrons. The molecule has 0 aromatic carbocycles. The van der Waals surface area contributed by atoms with E-state index in [1.54, 1.807) is 14.0 Å². The maximum Gasteiger partial charge on any atom is 0.303 e. The highest BCUT2D eigenvalue weighted by Gasteiger charge is 2.51. The first-order valence-electron chi connectivity index (χ1n) is 18.6. The third-order valence-corrected chi connectivity index (χ3v) is 9.64. The Hall–Kier alpha value is -1.43. The van der Waals surface area contributed by atoms with Crippen molar-refractivity contribution in [2.75, 3.05) is 26.7 Å². The minimum atomic E-state index is -1.28. The van der Waals surface area contributed by atoms with E-state index in [1.165, 1.54) is 57.8 Å². The molecule has 0 aromatic heterocycles. The van der Waals surface area contributed by atoms with Crippen LogP contribution in [0, 0.1) is 0 Å². The second-order valence-corrected chi connectivity index (χ2v) is 14.0. The molecule has 2 fully saturated rings. The molecular weight excluding hydrogens is 634 g/mol. The van der Waals surface area contributed by atoms with Gasteiger partial charge in [-0.2, -0.15) is 0 Å². The molecule has 3 aliphatic rings. The standard InChI is InChI=1S/C21H41N5O7.C14H28O2/c1-4-26-13-7-12(24)16(32-19-11(23)6-5-10(8-22)31-19)14(27)17(13)33-20-15(28)18(25-3)21(2,29)9-30-20;1-2-3-4-5-6-7-8-9-10-11-12-13-14(15)16/h5,11-20,25-29H,4,6-9,22-24H2,1-3H3;2-13H2,1H3,(H,15,16)/t11-,12+,13-,14+,15-,16-,17+,18-,19-,20-,21+;/m1./s1. The van der Waals surface area contributed by atoms with E-state index in [1.807, 2.05) is 13.0 Å². The first kappa shape index (κ1) is 43.7. The summed E-state index contributed by atoms with van der Waals surface area (Å²) in [6.07, 6.45) is 11.3. The molecule has 49 heavy (non-hydrogen) atoms. The normalized spacial score (nSPS) is 34.8. The molecule has 288 valence electrons. The molecule has 0 amide bonds. The molecule has 2 aliphatic heterocycles. The van der Waals surface area contributed by atoms with Gasteiger partial charge in [-0.3, -0.25) is 4.79 Å². The van der Waals surface area contributed by atoms with E-state index in [-0.39, 0.29) is 19.2 Å². The Morgan fingerprint density at radius 2 is 1.53 bits per heavy atom. The fraction of sp³-hybridized carbons (Fsp3) is 0.914. The van der Waals surface area contributed by atoms with E-state index in [0.717, 1.165) is 12.8 Å². The second-order valence-electron chi connectivity index (χ2n) is 14.0. The van der Waals surface area contributed by atoms with Crippen LogP contribution in [-0.4, -0.2) is 120 Å². The van der Waals surface area contributed by atoms with Crippen molar-refractivity contribution in [2.24, 2.45) is 17.2 Å². The fourth-order valence-electron chi connectivity index (χ4n) is 6.80. The number of nitrogens with one attached hydrogen (secondary N) is 2. The van der Waals surface area contributed by atoms with Crippen molar-refractivity contribution in [3.05, 3.63) is 11.8 Å². The number of aliphatic hydroxyl groups is 3. The van der Waals surface area contributed by atoms with E-state index in [4.69, 9.17) is 41.3 Å². The number of carbonyl (C=O) groups is 1. The lowest BCUT2D eigenvalue weighted by molar-refractivity contribution is -0.304. The topological polar surface area (TPSA) is 237 Å². The van der Waals surface area contributed by atoms with Crippen molar-refractivity contribution in [2.45, 2.75) is 177 Å². The van der Waals surface area contributed by atoms with E-state index < -0.39 is 66.7 Å². The third kappa shape index (κ3) is 14.6. The number of carboxylic acid groups (broad SMARTS) is 1. The molecule has 2 heterocycles. The smallest absolute Gasteiger partial charge is 0.303 e. The van der Waals surface area contributed by atoms with Gasteiger partial charge in [0.15, 0.2) is 6.29 Å². The first-order valence-corrected chi connectivity index (χ1v) is 18.6. The molecule has 0 bridgehead atoms. The van der Waals surface area contributed by atoms with Gasteiger partial charge in [-0.1, -0.05) is 78.1 Å². The van der Waals surface area contributed by atoms with Gasteiger partial charge in [0.1, 0.15) is 35.8 Å². The number of rotatable bonds is 20. The van der Waals surface area contributed by atoms with Crippen molar-refractivity contribution < 1.29 is 44.2 Å². The molecule has 1 saturated carbocycles. The average Bonchev–Trinajstić information content (AvgIpc) is 3.05. The van der Waals surface area contributed by atoms with Gasteiger partial charge >= 0.3 is 5.97 Å². The third-order valence-electron chi connectivity index (χ3n) is 9.64. The van der Waals surface area contributed by atoms with E-state index in [9.17, 15) is 20.1 Å². The van der Waals surface area contributed by atoms with E-state index >= 15 is 0 Å². The van der Waals surface area contributed by atoms with Crippen molar-refractivity contribution in [3.8, 4) is 0 Å². The highest BCUT2D eigenvalue weighted by molar-refractivity contribution is 5.66.